The molecule has 1 unspecified atom stereocenters. The SMILES string of the molecule is C=CCOC(=O)N1c2cc(OCCCCCC(=O)OCC)c(OC)cc2C(=O)N2CCCC[C@H]2[C@@H]1OC1CCCCO1. The molecule has 11 nitrogen and oxygen atoms in total. The summed E-state index contributed by atoms with van der Waals surface area (Å²) in [6, 6.07) is 2.92. The number of nitrogens with zero attached hydrogens (tertiary/aromatic N) is 2. The highest BCUT2D eigenvalue weighted by Gasteiger charge is 2.46. The summed E-state index contributed by atoms with van der Waals surface area (Å²) in [6.07, 6.45) is 7.12. The summed E-state index contributed by atoms with van der Waals surface area (Å²) >= 11 is 0. The van der Waals surface area contributed by atoms with Crippen molar-refractivity contribution in [1.29, 1.82) is 0 Å². The number of amides is 2. The van der Waals surface area contributed by atoms with Gasteiger partial charge < -0.3 is 33.3 Å². The summed E-state index contributed by atoms with van der Waals surface area (Å²) in [6.45, 7) is 7.33. The number of unbranched alkanes of at least 4 members (excludes halogenated alkanes) is 2. The fourth-order valence-electron chi connectivity index (χ4n) is 5.65. The van der Waals surface area contributed by atoms with Crippen molar-refractivity contribution in [1.82, 2.24) is 4.90 Å². The highest BCUT2D eigenvalue weighted by atomic mass is 16.7. The van der Waals surface area contributed by atoms with E-state index in [0.717, 1.165) is 32.1 Å². The number of hydrogen-bond acceptors (Lipinski definition) is 9. The largest absolute Gasteiger partial charge is 0.493 e. The molecule has 0 bridgehead atoms. The minimum atomic E-state index is -0.819. The second-order valence-electron chi connectivity index (χ2n) is 10.6. The molecule has 3 aliphatic heterocycles. The van der Waals surface area contributed by atoms with E-state index in [4.69, 9.17) is 28.4 Å². The van der Waals surface area contributed by atoms with Gasteiger partial charge in [-0.05, 0) is 70.8 Å². The molecule has 0 aliphatic carbocycles. The number of anilines is 1. The van der Waals surface area contributed by atoms with Gasteiger partial charge in [-0.2, -0.15) is 0 Å². The van der Waals surface area contributed by atoms with Gasteiger partial charge in [0, 0.05) is 25.6 Å². The highest BCUT2D eigenvalue weighted by molar-refractivity contribution is 6.06. The first-order chi connectivity index (χ1) is 20.5. The van der Waals surface area contributed by atoms with Crippen LogP contribution in [-0.4, -0.2) is 81.5 Å². The van der Waals surface area contributed by atoms with Crippen LogP contribution >= 0.6 is 0 Å². The van der Waals surface area contributed by atoms with E-state index in [2.05, 4.69) is 6.58 Å². The monoisotopic (exact) mass is 588 g/mol. The molecule has 4 rings (SSSR count). The molecule has 1 aromatic rings. The van der Waals surface area contributed by atoms with Gasteiger partial charge in [0.05, 0.1) is 37.6 Å². The molecular formula is C31H44N2O9. The van der Waals surface area contributed by atoms with Crippen LogP contribution in [0.25, 0.3) is 0 Å². The molecule has 3 aliphatic rings. The molecule has 0 saturated carbocycles. The number of methoxy groups -OCH3 is 1. The van der Waals surface area contributed by atoms with Crippen molar-refractivity contribution in [2.24, 2.45) is 0 Å². The van der Waals surface area contributed by atoms with E-state index < -0.39 is 18.6 Å². The van der Waals surface area contributed by atoms with Crippen LogP contribution in [0.15, 0.2) is 24.8 Å². The molecule has 3 heterocycles. The van der Waals surface area contributed by atoms with E-state index in [1.54, 1.807) is 24.0 Å². The lowest BCUT2D eigenvalue weighted by molar-refractivity contribution is -0.198. The molecule has 3 atom stereocenters. The van der Waals surface area contributed by atoms with Gasteiger partial charge in [0.15, 0.2) is 24.0 Å². The molecule has 2 saturated heterocycles. The van der Waals surface area contributed by atoms with Crippen molar-refractivity contribution < 1.29 is 42.8 Å². The summed E-state index contributed by atoms with van der Waals surface area (Å²) in [5.41, 5.74) is 0.647. The van der Waals surface area contributed by atoms with E-state index in [1.807, 2.05) is 0 Å². The Morgan fingerprint density at radius 1 is 1.07 bits per heavy atom. The molecule has 0 aromatic heterocycles. The Balaban J connectivity index is 1.64. The Labute approximate surface area is 248 Å². The minimum Gasteiger partial charge on any atom is -0.493 e. The van der Waals surface area contributed by atoms with E-state index in [1.165, 1.54) is 18.1 Å². The van der Waals surface area contributed by atoms with E-state index in [-0.39, 0.29) is 24.5 Å². The standard InChI is InChI=1S/C31H44N2O9/c1-4-17-41-31(36)33-24-21-26(39-18-11-6-7-14-27(34)38-5-2)25(37-3)20-22(24)29(35)32-16-10-8-13-23(32)30(33)42-28-15-9-12-19-40-28/h4,20-21,23,28,30H,1,5-19H2,2-3H3/t23-,28?,30-/m0/s1. The third-order valence-electron chi connectivity index (χ3n) is 7.70. The van der Waals surface area contributed by atoms with Crippen molar-refractivity contribution in [2.45, 2.75) is 89.7 Å². The Morgan fingerprint density at radius 3 is 2.64 bits per heavy atom. The molecule has 11 heteroatoms. The van der Waals surface area contributed by atoms with Crippen molar-refractivity contribution in [3.05, 3.63) is 30.4 Å². The molecule has 2 amide bonds. The lowest BCUT2D eigenvalue weighted by Crippen LogP contribution is -2.57. The lowest BCUT2D eigenvalue weighted by atomic mass is 10.00. The predicted molar refractivity (Wildman–Crippen MR) is 155 cm³/mol. The number of hydrogen-bond donors (Lipinski definition) is 0. The zero-order valence-corrected chi connectivity index (χ0v) is 24.8. The normalized spacial score (nSPS) is 22.0. The summed E-state index contributed by atoms with van der Waals surface area (Å²) in [4.78, 5) is 42.6. The van der Waals surface area contributed by atoms with Gasteiger partial charge in [-0.3, -0.25) is 9.59 Å². The third kappa shape index (κ3) is 7.74. The molecular weight excluding hydrogens is 544 g/mol. The molecule has 232 valence electrons. The average molecular weight is 589 g/mol. The van der Waals surface area contributed by atoms with Crippen LogP contribution < -0.4 is 14.4 Å². The molecule has 0 N–H and O–H groups in total. The van der Waals surface area contributed by atoms with Gasteiger partial charge in [-0.1, -0.05) is 12.7 Å². The number of carbonyl (C=O) groups is 3. The van der Waals surface area contributed by atoms with Crippen LogP contribution in [0, 0.1) is 0 Å². The first-order valence-corrected chi connectivity index (χ1v) is 15.1. The molecule has 1 aromatic carbocycles. The molecule has 42 heavy (non-hydrogen) atoms. The number of fused-ring (bicyclic) bond motifs is 2. The highest BCUT2D eigenvalue weighted by Crippen LogP contribution is 2.42. The molecule has 0 radical (unpaired) electrons. The summed E-state index contributed by atoms with van der Waals surface area (Å²) < 4.78 is 34.7. The van der Waals surface area contributed by atoms with Crippen LogP contribution in [0.5, 0.6) is 11.5 Å². The average Bonchev–Trinajstić information content (AvgIpc) is 3.10. The summed E-state index contributed by atoms with van der Waals surface area (Å²) in [7, 11) is 1.52. The number of esters is 1. The van der Waals surface area contributed by atoms with E-state index in [0.29, 0.717) is 81.2 Å². The Bertz CT molecular complexity index is 1090. The Hall–Kier alpha value is -3.31. The van der Waals surface area contributed by atoms with Crippen LogP contribution in [0.4, 0.5) is 10.5 Å². The maximum Gasteiger partial charge on any atom is 0.416 e. The molecule has 0 spiro atoms. The van der Waals surface area contributed by atoms with E-state index >= 15 is 0 Å². The number of benzene rings is 1. The minimum absolute atomic E-state index is 0.00491. The second kappa shape index (κ2) is 15.8. The second-order valence-corrected chi connectivity index (χ2v) is 10.6. The first kappa shape index (κ1) is 31.6. The Kier molecular flexibility index (Phi) is 11.9. The number of ether oxygens (including phenoxy) is 6. The Morgan fingerprint density at radius 2 is 1.90 bits per heavy atom. The summed E-state index contributed by atoms with van der Waals surface area (Å²) in [5.74, 6) is 0.376. The molecule has 2 fully saturated rings. The fraction of sp³-hybridized carbons (Fsp3) is 0.645. The number of piperidine rings is 1. The zero-order chi connectivity index (χ0) is 29.9. The fourth-order valence-corrected chi connectivity index (χ4v) is 5.65. The number of carbonyl (C=O) groups excluding carboxylic acids is 3. The smallest absolute Gasteiger partial charge is 0.416 e. The maximum atomic E-state index is 14.0. The van der Waals surface area contributed by atoms with Crippen molar-refractivity contribution in [3.8, 4) is 11.5 Å². The third-order valence-corrected chi connectivity index (χ3v) is 7.70. The van der Waals surface area contributed by atoms with Gasteiger partial charge in [0.25, 0.3) is 5.91 Å². The predicted octanol–water partition coefficient (Wildman–Crippen LogP) is 5.20. The zero-order valence-electron chi connectivity index (χ0n) is 24.8. The van der Waals surface area contributed by atoms with Crippen molar-refractivity contribution in [3.63, 3.8) is 0 Å². The van der Waals surface area contributed by atoms with Gasteiger partial charge in [0.2, 0.25) is 0 Å². The van der Waals surface area contributed by atoms with Crippen LogP contribution in [0.3, 0.4) is 0 Å². The van der Waals surface area contributed by atoms with Crippen molar-refractivity contribution in [2.75, 3.05) is 45.0 Å². The lowest BCUT2D eigenvalue weighted by Gasteiger charge is -2.42. The summed E-state index contributed by atoms with van der Waals surface area (Å²) in [5, 5.41) is 0. The van der Waals surface area contributed by atoms with Gasteiger partial charge in [-0.25, -0.2) is 9.69 Å². The maximum absolute atomic E-state index is 14.0. The van der Waals surface area contributed by atoms with Gasteiger partial charge >= 0.3 is 12.1 Å². The van der Waals surface area contributed by atoms with Crippen LogP contribution in [0.2, 0.25) is 0 Å². The van der Waals surface area contributed by atoms with Crippen LogP contribution in [0.1, 0.15) is 81.5 Å². The van der Waals surface area contributed by atoms with Crippen LogP contribution in [-0.2, 0) is 23.7 Å². The number of rotatable bonds is 13. The topological polar surface area (TPSA) is 113 Å². The van der Waals surface area contributed by atoms with Gasteiger partial charge in [-0.15, -0.1) is 0 Å². The first-order valence-electron chi connectivity index (χ1n) is 15.1. The quantitative estimate of drug-likeness (QED) is 0.174. The van der Waals surface area contributed by atoms with E-state index in [9.17, 15) is 14.4 Å². The van der Waals surface area contributed by atoms with Crippen molar-refractivity contribution >= 4 is 23.7 Å². The van der Waals surface area contributed by atoms with Gasteiger partial charge in [0.1, 0.15) is 6.61 Å².